The Kier molecular flexibility index (Phi) is 5.87. The normalized spacial score (nSPS) is 11.7. The van der Waals surface area contributed by atoms with Gasteiger partial charge in [0.25, 0.3) is 0 Å². The molecule has 0 fully saturated rings. The Balaban J connectivity index is 0.00000196. The molecule has 0 radical (unpaired) electrons. The minimum atomic E-state index is -0.503. The van der Waals surface area contributed by atoms with Gasteiger partial charge in [-0.15, -0.1) is 19.0 Å². The summed E-state index contributed by atoms with van der Waals surface area (Å²) in [5.74, 6) is -0.642. The van der Waals surface area contributed by atoms with Crippen molar-refractivity contribution in [2.45, 2.75) is 12.5 Å². The summed E-state index contributed by atoms with van der Waals surface area (Å²) in [6.07, 6.45) is 2.19. The average Bonchev–Trinajstić information content (AvgIpc) is 2.15. The van der Waals surface area contributed by atoms with Gasteiger partial charge in [0.1, 0.15) is 11.6 Å². The largest absolute Gasteiger partial charge is 0.506 e. The maximum atomic E-state index is 12.9. The van der Waals surface area contributed by atoms with Crippen LogP contribution in [-0.4, -0.2) is 5.11 Å². The van der Waals surface area contributed by atoms with E-state index in [9.17, 15) is 9.50 Å². The number of nitrogens with two attached hydrogens (primary N) is 1. The Morgan fingerprint density at radius 1 is 1.60 bits per heavy atom. The summed E-state index contributed by atoms with van der Waals surface area (Å²) in [6.45, 7) is 3.55. The molecular formula is C10H12BrClFNO. The summed E-state index contributed by atoms with van der Waals surface area (Å²) in [4.78, 5) is 0. The zero-order valence-electron chi connectivity index (χ0n) is 7.91. The summed E-state index contributed by atoms with van der Waals surface area (Å²) in [7, 11) is 0. The van der Waals surface area contributed by atoms with Crippen molar-refractivity contribution in [1.82, 2.24) is 0 Å². The average molecular weight is 297 g/mol. The van der Waals surface area contributed by atoms with Crippen LogP contribution in [0.25, 0.3) is 0 Å². The number of aromatic hydroxyl groups is 1. The van der Waals surface area contributed by atoms with Crippen molar-refractivity contribution in [2.24, 2.45) is 5.73 Å². The van der Waals surface area contributed by atoms with E-state index in [0.29, 0.717) is 12.0 Å². The van der Waals surface area contributed by atoms with Crippen LogP contribution in [0, 0.1) is 5.82 Å². The van der Waals surface area contributed by atoms with Crippen molar-refractivity contribution < 1.29 is 9.50 Å². The molecule has 1 rings (SSSR count). The van der Waals surface area contributed by atoms with E-state index in [4.69, 9.17) is 5.73 Å². The summed E-state index contributed by atoms with van der Waals surface area (Å²) >= 11 is 2.94. The highest BCUT2D eigenvalue weighted by atomic mass is 79.9. The molecule has 3 N–H and O–H groups in total. The standard InChI is InChI=1S/C10H11BrFNO.ClH/c1-2-3-8(13)6-4-5-7(12)9(11)10(6)14;/h2,4-5,8,14H,1,3,13H2;1H/t8-;/m1./s1. The van der Waals surface area contributed by atoms with Gasteiger partial charge in [-0.1, -0.05) is 12.1 Å². The first kappa shape index (κ1) is 14.4. The van der Waals surface area contributed by atoms with Crippen molar-refractivity contribution in [1.29, 1.82) is 0 Å². The van der Waals surface area contributed by atoms with Crippen molar-refractivity contribution in [3.63, 3.8) is 0 Å². The first-order valence-corrected chi connectivity index (χ1v) is 4.90. The number of rotatable bonds is 3. The molecule has 0 aliphatic rings. The zero-order chi connectivity index (χ0) is 10.7. The second kappa shape index (κ2) is 6.10. The molecule has 0 unspecified atom stereocenters. The van der Waals surface area contributed by atoms with Crippen LogP contribution >= 0.6 is 28.3 Å². The van der Waals surface area contributed by atoms with Crippen molar-refractivity contribution in [3.8, 4) is 5.75 Å². The molecule has 0 aliphatic heterocycles. The Labute approximate surface area is 103 Å². The third-order valence-electron chi connectivity index (χ3n) is 1.92. The summed E-state index contributed by atoms with van der Waals surface area (Å²) in [5.41, 5.74) is 6.26. The van der Waals surface area contributed by atoms with Crippen molar-refractivity contribution in [3.05, 3.63) is 40.6 Å². The Morgan fingerprint density at radius 2 is 2.20 bits per heavy atom. The number of hydrogen-bond acceptors (Lipinski definition) is 2. The van der Waals surface area contributed by atoms with Gasteiger partial charge in [0.15, 0.2) is 0 Å². The molecule has 0 amide bonds. The summed E-state index contributed by atoms with van der Waals surface area (Å²) in [6, 6.07) is 2.38. The minimum absolute atomic E-state index is 0. The molecule has 15 heavy (non-hydrogen) atoms. The van der Waals surface area contributed by atoms with E-state index in [1.165, 1.54) is 12.1 Å². The molecule has 2 nitrogen and oxygen atoms in total. The van der Waals surface area contributed by atoms with Crippen LogP contribution in [0.5, 0.6) is 5.75 Å². The van der Waals surface area contributed by atoms with E-state index >= 15 is 0 Å². The molecular weight excluding hydrogens is 284 g/mol. The number of phenols is 1. The van der Waals surface area contributed by atoms with Gasteiger partial charge in [-0.3, -0.25) is 0 Å². The van der Waals surface area contributed by atoms with Gasteiger partial charge in [-0.25, -0.2) is 4.39 Å². The molecule has 84 valence electrons. The number of hydrogen-bond donors (Lipinski definition) is 2. The lowest BCUT2D eigenvalue weighted by Crippen LogP contribution is -2.09. The predicted octanol–water partition coefficient (Wildman–Crippen LogP) is 3.29. The summed E-state index contributed by atoms with van der Waals surface area (Å²) < 4.78 is 13.0. The van der Waals surface area contributed by atoms with E-state index in [1.807, 2.05) is 0 Å². The lowest BCUT2D eigenvalue weighted by molar-refractivity contribution is 0.450. The molecule has 0 bridgehead atoms. The van der Waals surface area contributed by atoms with Crippen LogP contribution in [0.3, 0.4) is 0 Å². The highest BCUT2D eigenvalue weighted by molar-refractivity contribution is 9.10. The van der Waals surface area contributed by atoms with Crippen LogP contribution < -0.4 is 5.73 Å². The lowest BCUT2D eigenvalue weighted by atomic mass is 10.0. The van der Waals surface area contributed by atoms with Gasteiger partial charge in [-0.05, 0) is 28.4 Å². The number of phenolic OH excluding ortho intramolecular Hbond substituents is 1. The highest BCUT2D eigenvalue weighted by Gasteiger charge is 2.14. The molecule has 1 atom stereocenters. The van der Waals surface area contributed by atoms with Crippen LogP contribution in [0.4, 0.5) is 4.39 Å². The van der Waals surface area contributed by atoms with Gasteiger partial charge in [0.2, 0.25) is 0 Å². The maximum absolute atomic E-state index is 12.9. The van der Waals surface area contributed by atoms with Crippen molar-refractivity contribution >= 4 is 28.3 Å². The first-order chi connectivity index (χ1) is 6.57. The minimum Gasteiger partial charge on any atom is -0.506 e. The Morgan fingerprint density at radius 3 is 2.73 bits per heavy atom. The third kappa shape index (κ3) is 3.19. The Hall–Kier alpha value is -0.580. The van der Waals surface area contributed by atoms with Gasteiger partial charge in [0, 0.05) is 11.6 Å². The lowest BCUT2D eigenvalue weighted by Gasteiger charge is -2.12. The fourth-order valence-corrected chi connectivity index (χ4v) is 1.52. The monoisotopic (exact) mass is 295 g/mol. The van der Waals surface area contributed by atoms with E-state index in [1.54, 1.807) is 6.08 Å². The second-order valence-corrected chi connectivity index (χ2v) is 3.72. The summed E-state index contributed by atoms with van der Waals surface area (Å²) in [5, 5.41) is 9.57. The van der Waals surface area contributed by atoms with Gasteiger partial charge in [-0.2, -0.15) is 0 Å². The molecule has 1 aromatic carbocycles. The predicted molar refractivity (Wildman–Crippen MR) is 64.8 cm³/mol. The molecule has 5 heteroatoms. The second-order valence-electron chi connectivity index (χ2n) is 2.93. The number of halogens is 3. The fourth-order valence-electron chi connectivity index (χ4n) is 1.16. The van der Waals surface area contributed by atoms with Crippen LogP contribution in [-0.2, 0) is 0 Å². The van der Waals surface area contributed by atoms with E-state index < -0.39 is 5.82 Å². The SMILES string of the molecule is C=CC[C@@H](N)c1ccc(F)c(Br)c1O.Cl. The van der Waals surface area contributed by atoms with Gasteiger partial charge >= 0.3 is 0 Å². The molecule has 0 aromatic heterocycles. The quantitative estimate of drug-likeness (QED) is 0.841. The molecule has 0 aliphatic carbocycles. The smallest absolute Gasteiger partial charge is 0.141 e. The van der Waals surface area contributed by atoms with E-state index in [2.05, 4.69) is 22.5 Å². The topological polar surface area (TPSA) is 46.2 Å². The van der Waals surface area contributed by atoms with Crippen LogP contribution in [0.1, 0.15) is 18.0 Å². The van der Waals surface area contributed by atoms with Crippen LogP contribution in [0.2, 0.25) is 0 Å². The van der Waals surface area contributed by atoms with Gasteiger partial charge < -0.3 is 10.8 Å². The molecule has 0 spiro atoms. The molecule has 0 saturated heterocycles. The fraction of sp³-hybridized carbons (Fsp3) is 0.200. The number of benzene rings is 1. The first-order valence-electron chi connectivity index (χ1n) is 4.11. The van der Waals surface area contributed by atoms with E-state index in [0.717, 1.165) is 0 Å². The maximum Gasteiger partial charge on any atom is 0.141 e. The third-order valence-corrected chi connectivity index (χ3v) is 2.67. The van der Waals surface area contributed by atoms with Crippen LogP contribution in [0.15, 0.2) is 29.3 Å². The van der Waals surface area contributed by atoms with Gasteiger partial charge in [0.05, 0.1) is 4.47 Å². The van der Waals surface area contributed by atoms with E-state index in [-0.39, 0.29) is 28.7 Å². The Bertz CT molecular complexity index is 360. The highest BCUT2D eigenvalue weighted by Crippen LogP contribution is 2.34. The zero-order valence-corrected chi connectivity index (χ0v) is 10.3. The molecule has 0 saturated carbocycles. The van der Waals surface area contributed by atoms with Crippen molar-refractivity contribution in [2.75, 3.05) is 0 Å². The molecule has 0 heterocycles. The molecule has 1 aromatic rings.